The van der Waals surface area contributed by atoms with Crippen LogP contribution in [0.2, 0.25) is 0 Å². The summed E-state index contributed by atoms with van der Waals surface area (Å²) in [4.78, 5) is 0. The molecule has 0 aromatic carbocycles. The molecule has 1 aromatic heterocycles. The quantitative estimate of drug-likeness (QED) is 0.840. The van der Waals surface area contributed by atoms with Gasteiger partial charge in [0.2, 0.25) is 0 Å². The first-order chi connectivity index (χ1) is 8.54. The highest BCUT2D eigenvalue weighted by Gasteiger charge is 2.21. The van der Waals surface area contributed by atoms with Gasteiger partial charge in [0.05, 0.1) is 22.0 Å². The number of nitrogens with zero attached hydrogens (tertiary/aromatic N) is 2. The molecule has 0 aliphatic carbocycles. The summed E-state index contributed by atoms with van der Waals surface area (Å²) in [7, 11) is 3.70. The first-order valence-electron chi connectivity index (χ1n) is 6.53. The summed E-state index contributed by atoms with van der Waals surface area (Å²) in [6, 6.07) is 0.00589. The molecule has 18 heavy (non-hydrogen) atoms. The van der Waals surface area contributed by atoms with Gasteiger partial charge in [-0.05, 0) is 28.8 Å². The maximum absolute atomic E-state index is 6.25. The van der Waals surface area contributed by atoms with Crippen LogP contribution in [-0.2, 0) is 24.6 Å². The molecule has 0 fully saturated rings. The van der Waals surface area contributed by atoms with Crippen LogP contribution < -0.4 is 5.73 Å². The predicted octanol–water partition coefficient (Wildman–Crippen LogP) is 2.43. The number of hydrogen-bond donors (Lipinski definition) is 1. The van der Waals surface area contributed by atoms with E-state index in [9.17, 15) is 0 Å². The van der Waals surface area contributed by atoms with Crippen molar-refractivity contribution in [1.82, 2.24) is 9.78 Å². The minimum absolute atomic E-state index is 0.00589. The maximum Gasteiger partial charge on any atom is 0.0766 e. The SMILES string of the molecule is CCCC(OC)C(N)Cc1c(Br)c(CC)nn1C. The van der Waals surface area contributed by atoms with Crippen LogP contribution in [0.25, 0.3) is 0 Å². The number of aryl methyl sites for hydroxylation is 2. The molecular weight excluding hydrogens is 294 g/mol. The van der Waals surface area contributed by atoms with E-state index < -0.39 is 0 Å². The summed E-state index contributed by atoms with van der Waals surface area (Å²) >= 11 is 3.62. The zero-order valence-electron chi connectivity index (χ0n) is 11.7. The minimum Gasteiger partial charge on any atom is -0.380 e. The number of ether oxygens (including phenoxy) is 1. The molecule has 0 bridgehead atoms. The van der Waals surface area contributed by atoms with Crippen LogP contribution in [0.4, 0.5) is 0 Å². The molecule has 0 radical (unpaired) electrons. The number of rotatable bonds is 7. The highest BCUT2D eigenvalue weighted by molar-refractivity contribution is 9.10. The monoisotopic (exact) mass is 317 g/mol. The molecule has 0 amide bonds. The molecule has 1 rings (SSSR count). The van der Waals surface area contributed by atoms with E-state index in [4.69, 9.17) is 10.5 Å². The summed E-state index contributed by atoms with van der Waals surface area (Å²) < 4.78 is 8.48. The number of nitrogens with two attached hydrogens (primary N) is 1. The molecule has 104 valence electrons. The average molecular weight is 318 g/mol. The molecule has 4 nitrogen and oxygen atoms in total. The van der Waals surface area contributed by atoms with E-state index in [0.29, 0.717) is 0 Å². The van der Waals surface area contributed by atoms with E-state index in [1.54, 1.807) is 7.11 Å². The smallest absolute Gasteiger partial charge is 0.0766 e. The van der Waals surface area contributed by atoms with Gasteiger partial charge in [-0.3, -0.25) is 4.68 Å². The van der Waals surface area contributed by atoms with Gasteiger partial charge >= 0.3 is 0 Å². The summed E-state index contributed by atoms with van der Waals surface area (Å²) in [6.45, 7) is 4.25. The second kappa shape index (κ2) is 7.26. The van der Waals surface area contributed by atoms with Gasteiger partial charge in [-0.1, -0.05) is 20.3 Å². The molecular formula is C13H24BrN3O. The van der Waals surface area contributed by atoms with Crippen molar-refractivity contribution in [2.24, 2.45) is 12.8 Å². The van der Waals surface area contributed by atoms with Crippen LogP contribution in [-0.4, -0.2) is 29.0 Å². The Balaban J connectivity index is 2.80. The number of halogens is 1. The third-order valence-corrected chi connectivity index (χ3v) is 4.20. The first-order valence-corrected chi connectivity index (χ1v) is 7.32. The van der Waals surface area contributed by atoms with Gasteiger partial charge in [0, 0.05) is 26.6 Å². The van der Waals surface area contributed by atoms with Gasteiger partial charge in [-0.15, -0.1) is 0 Å². The Morgan fingerprint density at radius 1 is 1.44 bits per heavy atom. The van der Waals surface area contributed by atoms with Gasteiger partial charge in [0.15, 0.2) is 0 Å². The topological polar surface area (TPSA) is 53.1 Å². The first kappa shape index (κ1) is 15.7. The number of methoxy groups -OCH3 is 1. The summed E-state index contributed by atoms with van der Waals surface area (Å²) in [5.41, 5.74) is 8.49. The Labute approximate surface area is 118 Å². The van der Waals surface area contributed by atoms with Crippen molar-refractivity contribution in [2.45, 2.75) is 51.7 Å². The minimum atomic E-state index is 0.00589. The standard InChI is InChI=1S/C13H24BrN3O/c1-5-7-12(18-4)9(15)8-11-13(14)10(6-2)16-17(11)3/h9,12H,5-8,15H2,1-4H3. The largest absolute Gasteiger partial charge is 0.380 e. The molecule has 0 saturated heterocycles. The van der Waals surface area contributed by atoms with E-state index >= 15 is 0 Å². The van der Waals surface area contributed by atoms with Crippen molar-refractivity contribution in [1.29, 1.82) is 0 Å². The van der Waals surface area contributed by atoms with Gasteiger partial charge in [-0.2, -0.15) is 5.10 Å². The normalized spacial score (nSPS) is 14.8. The van der Waals surface area contributed by atoms with Crippen molar-refractivity contribution in [3.63, 3.8) is 0 Å². The van der Waals surface area contributed by atoms with Crippen molar-refractivity contribution in [3.05, 3.63) is 15.9 Å². The Kier molecular flexibility index (Phi) is 6.32. The lowest BCUT2D eigenvalue weighted by Gasteiger charge is -2.22. The predicted molar refractivity (Wildman–Crippen MR) is 77.7 cm³/mol. The summed E-state index contributed by atoms with van der Waals surface area (Å²) in [6.07, 6.45) is 3.89. The lowest BCUT2D eigenvalue weighted by molar-refractivity contribution is 0.0721. The maximum atomic E-state index is 6.25. The third-order valence-electron chi connectivity index (χ3n) is 3.29. The fourth-order valence-electron chi connectivity index (χ4n) is 2.19. The van der Waals surface area contributed by atoms with Crippen LogP contribution in [0, 0.1) is 0 Å². The highest BCUT2D eigenvalue weighted by atomic mass is 79.9. The number of hydrogen-bond acceptors (Lipinski definition) is 3. The van der Waals surface area contributed by atoms with Crippen LogP contribution in [0.1, 0.15) is 38.1 Å². The van der Waals surface area contributed by atoms with Crippen molar-refractivity contribution in [2.75, 3.05) is 7.11 Å². The van der Waals surface area contributed by atoms with E-state index in [1.807, 2.05) is 11.7 Å². The van der Waals surface area contributed by atoms with Crippen LogP contribution in [0.5, 0.6) is 0 Å². The van der Waals surface area contributed by atoms with Crippen LogP contribution >= 0.6 is 15.9 Å². The lowest BCUT2D eigenvalue weighted by Crippen LogP contribution is -2.38. The lowest BCUT2D eigenvalue weighted by atomic mass is 10.0. The fourth-order valence-corrected chi connectivity index (χ4v) is 2.97. The molecule has 5 heteroatoms. The van der Waals surface area contributed by atoms with Gasteiger partial charge in [0.25, 0.3) is 0 Å². The molecule has 0 spiro atoms. The average Bonchev–Trinajstić information content (AvgIpc) is 2.63. The van der Waals surface area contributed by atoms with Crippen molar-refractivity contribution >= 4 is 15.9 Å². The molecule has 0 aliphatic heterocycles. The zero-order chi connectivity index (χ0) is 13.7. The molecule has 0 saturated carbocycles. The van der Waals surface area contributed by atoms with Crippen LogP contribution in [0.15, 0.2) is 4.47 Å². The summed E-state index contributed by atoms with van der Waals surface area (Å²) in [5, 5.41) is 4.49. The molecule has 2 N–H and O–H groups in total. The molecule has 1 aromatic rings. The second-order valence-electron chi connectivity index (χ2n) is 4.62. The Bertz CT molecular complexity index is 379. The molecule has 0 aliphatic rings. The van der Waals surface area contributed by atoms with Gasteiger partial charge in [0.1, 0.15) is 0 Å². The highest BCUT2D eigenvalue weighted by Crippen LogP contribution is 2.23. The van der Waals surface area contributed by atoms with Crippen molar-refractivity contribution < 1.29 is 4.74 Å². The molecule has 2 unspecified atom stereocenters. The summed E-state index contributed by atoms with van der Waals surface area (Å²) in [5.74, 6) is 0. The molecule has 2 atom stereocenters. The van der Waals surface area contributed by atoms with E-state index in [-0.39, 0.29) is 12.1 Å². The Morgan fingerprint density at radius 2 is 2.11 bits per heavy atom. The van der Waals surface area contributed by atoms with E-state index in [2.05, 4.69) is 34.9 Å². The second-order valence-corrected chi connectivity index (χ2v) is 5.41. The fraction of sp³-hybridized carbons (Fsp3) is 0.769. The Morgan fingerprint density at radius 3 is 2.56 bits per heavy atom. The van der Waals surface area contributed by atoms with Gasteiger partial charge < -0.3 is 10.5 Å². The van der Waals surface area contributed by atoms with E-state index in [1.165, 1.54) is 0 Å². The van der Waals surface area contributed by atoms with Crippen molar-refractivity contribution in [3.8, 4) is 0 Å². The molecule has 1 heterocycles. The van der Waals surface area contributed by atoms with E-state index in [0.717, 1.165) is 41.5 Å². The van der Waals surface area contributed by atoms with Gasteiger partial charge in [-0.25, -0.2) is 0 Å². The Hall–Kier alpha value is -0.390. The van der Waals surface area contributed by atoms with Crippen LogP contribution in [0.3, 0.4) is 0 Å². The zero-order valence-corrected chi connectivity index (χ0v) is 13.3. The number of aromatic nitrogens is 2. The third kappa shape index (κ3) is 3.56.